The van der Waals surface area contributed by atoms with E-state index in [4.69, 9.17) is 16.3 Å². The molecule has 0 bridgehead atoms. The topological polar surface area (TPSA) is 22.1 Å². The Labute approximate surface area is 99.9 Å². The monoisotopic (exact) mass is 233 g/mol. The Kier molecular flexibility index (Phi) is 3.42. The van der Waals surface area contributed by atoms with Crippen LogP contribution in [-0.2, 0) is 5.88 Å². The van der Waals surface area contributed by atoms with Crippen molar-refractivity contribution in [3.8, 4) is 17.0 Å². The summed E-state index contributed by atoms with van der Waals surface area (Å²) in [6.45, 7) is 0. The minimum absolute atomic E-state index is 0.459. The van der Waals surface area contributed by atoms with Gasteiger partial charge >= 0.3 is 0 Å². The van der Waals surface area contributed by atoms with Gasteiger partial charge in [-0.15, -0.1) is 11.6 Å². The summed E-state index contributed by atoms with van der Waals surface area (Å²) in [5, 5.41) is 0. The molecule has 16 heavy (non-hydrogen) atoms. The molecule has 0 saturated heterocycles. The van der Waals surface area contributed by atoms with E-state index in [9.17, 15) is 0 Å². The van der Waals surface area contributed by atoms with Gasteiger partial charge in [0.05, 0.1) is 12.8 Å². The van der Waals surface area contributed by atoms with Crippen LogP contribution in [-0.4, -0.2) is 12.1 Å². The molecule has 0 fully saturated rings. The van der Waals surface area contributed by atoms with Crippen LogP contribution < -0.4 is 4.74 Å². The average molecular weight is 234 g/mol. The molecular formula is C13H12ClNO. The van der Waals surface area contributed by atoms with E-state index >= 15 is 0 Å². The molecule has 1 heterocycles. The largest absolute Gasteiger partial charge is 0.497 e. The van der Waals surface area contributed by atoms with Crippen LogP contribution in [0.3, 0.4) is 0 Å². The molecule has 82 valence electrons. The fraction of sp³-hybridized carbons (Fsp3) is 0.154. The Bertz CT molecular complexity index is 485. The van der Waals surface area contributed by atoms with Gasteiger partial charge < -0.3 is 4.74 Å². The fourth-order valence-corrected chi connectivity index (χ4v) is 1.79. The van der Waals surface area contributed by atoms with Gasteiger partial charge in [-0.1, -0.05) is 18.2 Å². The smallest absolute Gasteiger partial charge is 0.119 e. The molecule has 3 heteroatoms. The maximum atomic E-state index is 5.88. The van der Waals surface area contributed by atoms with Crippen molar-refractivity contribution in [3.63, 3.8) is 0 Å². The number of pyridine rings is 1. The number of methoxy groups -OCH3 is 1. The van der Waals surface area contributed by atoms with Crippen molar-refractivity contribution < 1.29 is 4.74 Å². The van der Waals surface area contributed by atoms with Crippen molar-refractivity contribution in [2.24, 2.45) is 0 Å². The van der Waals surface area contributed by atoms with Gasteiger partial charge in [-0.3, -0.25) is 4.98 Å². The lowest BCUT2D eigenvalue weighted by Gasteiger charge is -2.07. The molecule has 2 aromatic rings. The highest BCUT2D eigenvalue weighted by molar-refractivity contribution is 6.17. The summed E-state index contributed by atoms with van der Waals surface area (Å²) in [4.78, 5) is 4.36. The second kappa shape index (κ2) is 4.99. The van der Waals surface area contributed by atoms with Gasteiger partial charge in [0, 0.05) is 17.6 Å². The summed E-state index contributed by atoms with van der Waals surface area (Å²) in [6.07, 6.45) is 1.77. The number of alkyl halides is 1. The van der Waals surface area contributed by atoms with Crippen molar-refractivity contribution in [2.75, 3.05) is 7.11 Å². The third-order valence-corrected chi connectivity index (χ3v) is 2.67. The third kappa shape index (κ3) is 2.17. The lowest BCUT2D eigenvalue weighted by atomic mass is 10.1. The summed E-state index contributed by atoms with van der Waals surface area (Å²) >= 11 is 5.88. The Morgan fingerprint density at radius 1 is 1.25 bits per heavy atom. The summed E-state index contributed by atoms with van der Waals surface area (Å²) in [5.74, 6) is 1.28. The Morgan fingerprint density at radius 2 is 2.12 bits per heavy atom. The fourth-order valence-electron chi connectivity index (χ4n) is 1.58. The molecule has 0 aliphatic heterocycles. The van der Waals surface area contributed by atoms with Crippen molar-refractivity contribution in [1.82, 2.24) is 4.98 Å². The van der Waals surface area contributed by atoms with Crippen molar-refractivity contribution in [1.29, 1.82) is 0 Å². The summed E-state index contributed by atoms with van der Waals surface area (Å²) in [7, 11) is 1.65. The van der Waals surface area contributed by atoms with E-state index in [1.165, 1.54) is 0 Å². The number of benzene rings is 1. The van der Waals surface area contributed by atoms with Crippen LogP contribution >= 0.6 is 11.6 Å². The third-order valence-electron chi connectivity index (χ3n) is 2.38. The van der Waals surface area contributed by atoms with Crippen LogP contribution in [0.15, 0.2) is 42.6 Å². The molecule has 0 spiro atoms. The number of nitrogens with zero attached hydrogens (tertiary/aromatic N) is 1. The van der Waals surface area contributed by atoms with E-state index in [-0.39, 0.29) is 0 Å². The molecule has 0 aliphatic carbocycles. The van der Waals surface area contributed by atoms with Crippen LogP contribution in [0.25, 0.3) is 11.3 Å². The van der Waals surface area contributed by atoms with Crippen LogP contribution in [0.5, 0.6) is 5.75 Å². The first-order valence-electron chi connectivity index (χ1n) is 4.99. The van der Waals surface area contributed by atoms with Crippen molar-refractivity contribution in [3.05, 3.63) is 48.2 Å². The first kappa shape index (κ1) is 11.0. The van der Waals surface area contributed by atoms with Crippen LogP contribution in [0, 0.1) is 0 Å². The van der Waals surface area contributed by atoms with Crippen LogP contribution in [0.1, 0.15) is 5.56 Å². The van der Waals surface area contributed by atoms with Gasteiger partial charge in [-0.2, -0.15) is 0 Å². The molecule has 2 rings (SSSR count). The molecular weight excluding hydrogens is 222 g/mol. The van der Waals surface area contributed by atoms with Crippen molar-refractivity contribution >= 4 is 11.6 Å². The first-order chi connectivity index (χ1) is 7.85. The lowest BCUT2D eigenvalue weighted by Crippen LogP contribution is -1.90. The van der Waals surface area contributed by atoms with E-state index in [1.54, 1.807) is 13.3 Å². The highest BCUT2D eigenvalue weighted by atomic mass is 35.5. The predicted octanol–water partition coefficient (Wildman–Crippen LogP) is 3.50. The highest BCUT2D eigenvalue weighted by Crippen LogP contribution is 2.25. The van der Waals surface area contributed by atoms with E-state index in [0.29, 0.717) is 5.88 Å². The Morgan fingerprint density at radius 3 is 2.88 bits per heavy atom. The lowest BCUT2D eigenvalue weighted by molar-refractivity contribution is 0.415. The maximum Gasteiger partial charge on any atom is 0.119 e. The second-order valence-corrected chi connectivity index (χ2v) is 3.64. The Hall–Kier alpha value is -1.54. The second-order valence-electron chi connectivity index (χ2n) is 3.38. The molecule has 0 amide bonds. The van der Waals surface area contributed by atoms with Gasteiger partial charge in [-0.05, 0) is 23.8 Å². The molecule has 0 unspecified atom stereocenters. The molecule has 1 aromatic heterocycles. The van der Waals surface area contributed by atoms with Crippen molar-refractivity contribution in [2.45, 2.75) is 5.88 Å². The van der Waals surface area contributed by atoms with E-state index in [2.05, 4.69) is 4.98 Å². The van der Waals surface area contributed by atoms with Crippen LogP contribution in [0.4, 0.5) is 0 Å². The zero-order valence-corrected chi connectivity index (χ0v) is 9.74. The molecule has 0 radical (unpaired) electrons. The summed E-state index contributed by atoms with van der Waals surface area (Å²) in [5.41, 5.74) is 2.96. The number of rotatable bonds is 3. The summed E-state index contributed by atoms with van der Waals surface area (Å²) < 4.78 is 5.19. The normalized spacial score (nSPS) is 10.1. The first-order valence-corrected chi connectivity index (χ1v) is 5.53. The van der Waals surface area contributed by atoms with E-state index in [0.717, 1.165) is 22.6 Å². The average Bonchev–Trinajstić information content (AvgIpc) is 2.38. The van der Waals surface area contributed by atoms with Gasteiger partial charge in [0.15, 0.2) is 0 Å². The molecule has 0 aliphatic rings. The van der Waals surface area contributed by atoms with Crippen LogP contribution in [0.2, 0.25) is 0 Å². The van der Waals surface area contributed by atoms with E-state index < -0.39 is 0 Å². The van der Waals surface area contributed by atoms with E-state index in [1.807, 2.05) is 36.4 Å². The van der Waals surface area contributed by atoms with Gasteiger partial charge in [-0.25, -0.2) is 0 Å². The maximum absolute atomic E-state index is 5.88. The SMILES string of the molecule is COc1cccc(-c2ncccc2CCl)c1. The zero-order chi connectivity index (χ0) is 11.4. The number of hydrogen-bond acceptors (Lipinski definition) is 2. The minimum atomic E-state index is 0.459. The highest BCUT2D eigenvalue weighted by Gasteiger charge is 2.05. The van der Waals surface area contributed by atoms with Gasteiger partial charge in [0.1, 0.15) is 5.75 Å². The zero-order valence-electron chi connectivity index (χ0n) is 8.98. The molecule has 2 nitrogen and oxygen atoms in total. The van der Waals surface area contributed by atoms with Gasteiger partial charge in [0.2, 0.25) is 0 Å². The summed E-state index contributed by atoms with van der Waals surface area (Å²) in [6, 6.07) is 11.7. The number of ether oxygens (including phenoxy) is 1. The Balaban J connectivity index is 2.49. The number of hydrogen-bond donors (Lipinski definition) is 0. The predicted molar refractivity (Wildman–Crippen MR) is 65.8 cm³/mol. The van der Waals surface area contributed by atoms with Gasteiger partial charge in [0.25, 0.3) is 0 Å². The number of halogens is 1. The minimum Gasteiger partial charge on any atom is -0.497 e. The number of aromatic nitrogens is 1. The quantitative estimate of drug-likeness (QED) is 0.757. The molecule has 0 N–H and O–H groups in total. The molecule has 0 saturated carbocycles. The molecule has 0 atom stereocenters. The molecule has 1 aromatic carbocycles. The standard InChI is InChI=1S/C13H12ClNO/c1-16-12-6-2-4-10(8-12)13-11(9-14)5-3-7-15-13/h2-8H,9H2,1H3.